The van der Waals surface area contributed by atoms with E-state index in [1.807, 2.05) is 12.1 Å². The fourth-order valence-corrected chi connectivity index (χ4v) is 4.09. The van der Waals surface area contributed by atoms with Gasteiger partial charge < -0.3 is 4.74 Å². The highest BCUT2D eigenvalue weighted by molar-refractivity contribution is 5.55. The van der Waals surface area contributed by atoms with Crippen LogP contribution < -0.4 is 4.74 Å². The van der Waals surface area contributed by atoms with E-state index >= 15 is 0 Å². The Morgan fingerprint density at radius 1 is 0.931 bits per heavy atom. The quantitative estimate of drug-likeness (QED) is 0.582. The van der Waals surface area contributed by atoms with Crippen molar-refractivity contribution in [1.82, 2.24) is 4.90 Å². The Bertz CT molecular complexity index is 836. The van der Waals surface area contributed by atoms with Gasteiger partial charge in [-0.05, 0) is 74.2 Å². The molecule has 2 fully saturated rings. The molecule has 2 aromatic carbocycles. The van der Waals surface area contributed by atoms with Crippen molar-refractivity contribution < 1.29 is 17.9 Å². The van der Waals surface area contributed by atoms with Gasteiger partial charge in [-0.1, -0.05) is 42.3 Å². The average molecular weight is 401 g/mol. The molecule has 1 saturated heterocycles. The molecule has 1 atom stereocenters. The Balaban J connectivity index is 1.36. The summed E-state index contributed by atoms with van der Waals surface area (Å²) in [5.74, 6) is 0.718. The highest BCUT2D eigenvalue weighted by Crippen LogP contribution is 2.32. The number of rotatable bonds is 5. The number of ether oxygens (including phenoxy) is 1. The van der Waals surface area contributed by atoms with Gasteiger partial charge in [0.05, 0.1) is 5.56 Å². The molecule has 154 valence electrons. The Hall–Kier alpha value is -2.27. The predicted octanol–water partition coefficient (Wildman–Crippen LogP) is 6.32. The van der Waals surface area contributed by atoms with E-state index in [1.54, 1.807) is 0 Å². The van der Waals surface area contributed by atoms with Gasteiger partial charge in [0.15, 0.2) is 0 Å². The second kappa shape index (κ2) is 8.62. The Morgan fingerprint density at radius 2 is 1.66 bits per heavy atom. The first-order valence-corrected chi connectivity index (χ1v) is 10.3. The molecular weight excluding hydrogens is 375 g/mol. The van der Waals surface area contributed by atoms with Gasteiger partial charge in [-0.15, -0.1) is 0 Å². The molecule has 0 aromatic heterocycles. The monoisotopic (exact) mass is 401 g/mol. The smallest absolute Gasteiger partial charge is 0.416 e. The molecule has 1 unspecified atom stereocenters. The molecule has 2 aliphatic rings. The summed E-state index contributed by atoms with van der Waals surface area (Å²) in [5.41, 5.74) is 2.78. The lowest BCUT2D eigenvalue weighted by atomic mass is 9.86. The minimum Gasteiger partial charge on any atom is -0.489 e. The molecule has 5 heteroatoms. The van der Waals surface area contributed by atoms with E-state index in [2.05, 4.69) is 23.1 Å². The SMILES string of the molecule is FC(F)(F)c1ccc(COc2ccc(/C=C3\CCCCC3N3CCC3)cc2)cc1. The zero-order valence-electron chi connectivity index (χ0n) is 16.4. The lowest BCUT2D eigenvalue weighted by Gasteiger charge is -2.42. The van der Waals surface area contributed by atoms with Crippen molar-refractivity contribution in [3.8, 4) is 5.75 Å². The number of halogens is 3. The maximum absolute atomic E-state index is 12.6. The third kappa shape index (κ3) is 5.02. The molecule has 29 heavy (non-hydrogen) atoms. The molecule has 2 nitrogen and oxygen atoms in total. The van der Waals surface area contributed by atoms with E-state index in [1.165, 1.54) is 68.5 Å². The van der Waals surface area contributed by atoms with E-state index < -0.39 is 11.7 Å². The molecule has 4 rings (SSSR count). The van der Waals surface area contributed by atoms with Gasteiger partial charge in [0.1, 0.15) is 12.4 Å². The van der Waals surface area contributed by atoms with Gasteiger partial charge >= 0.3 is 6.18 Å². The van der Waals surface area contributed by atoms with Gasteiger partial charge in [0.25, 0.3) is 0 Å². The maximum Gasteiger partial charge on any atom is 0.416 e. The number of hydrogen-bond acceptors (Lipinski definition) is 2. The second-order valence-electron chi connectivity index (χ2n) is 7.92. The van der Waals surface area contributed by atoms with Crippen LogP contribution in [0.2, 0.25) is 0 Å². The minimum atomic E-state index is -4.31. The molecule has 1 heterocycles. The van der Waals surface area contributed by atoms with Crippen LogP contribution >= 0.6 is 0 Å². The van der Waals surface area contributed by atoms with Crippen molar-refractivity contribution in [3.05, 3.63) is 70.8 Å². The summed E-state index contributed by atoms with van der Waals surface area (Å²) in [6.07, 6.45) is 4.35. The van der Waals surface area contributed by atoms with Gasteiger partial charge in [0.2, 0.25) is 0 Å². The molecule has 2 aromatic rings. The van der Waals surface area contributed by atoms with E-state index in [9.17, 15) is 13.2 Å². The Kier molecular flexibility index (Phi) is 5.95. The van der Waals surface area contributed by atoms with Gasteiger partial charge in [-0.25, -0.2) is 0 Å². The van der Waals surface area contributed by atoms with Crippen LogP contribution in [-0.2, 0) is 12.8 Å². The molecule has 0 bridgehead atoms. The van der Waals surface area contributed by atoms with Crippen LogP contribution in [0.4, 0.5) is 13.2 Å². The first kappa shape index (κ1) is 20.0. The minimum absolute atomic E-state index is 0.246. The Morgan fingerprint density at radius 3 is 2.28 bits per heavy atom. The summed E-state index contributed by atoms with van der Waals surface area (Å²) >= 11 is 0. The normalized spacial score (nSPS) is 21.8. The van der Waals surface area contributed by atoms with Crippen LogP contribution in [0.3, 0.4) is 0 Å². The number of hydrogen-bond donors (Lipinski definition) is 0. The third-order valence-electron chi connectivity index (χ3n) is 5.87. The topological polar surface area (TPSA) is 12.5 Å². The molecule has 0 radical (unpaired) electrons. The van der Waals surface area contributed by atoms with Crippen LogP contribution in [0.15, 0.2) is 54.1 Å². The van der Waals surface area contributed by atoms with E-state index in [-0.39, 0.29) is 6.61 Å². The van der Waals surface area contributed by atoms with Crippen LogP contribution in [0, 0.1) is 0 Å². The standard InChI is InChI=1S/C24H26F3NO/c25-24(26,27)21-10-6-19(7-11-21)17-29-22-12-8-18(9-13-22)16-20-4-1-2-5-23(20)28-14-3-15-28/h6-13,16,23H,1-5,14-15,17H2/b20-16+. The van der Waals surface area contributed by atoms with Gasteiger partial charge in [-0.3, -0.25) is 4.90 Å². The number of nitrogens with zero attached hydrogens (tertiary/aromatic N) is 1. The largest absolute Gasteiger partial charge is 0.489 e. The van der Waals surface area contributed by atoms with E-state index in [4.69, 9.17) is 4.74 Å². The lowest BCUT2D eigenvalue weighted by Crippen LogP contribution is -2.46. The molecular formula is C24H26F3NO. The first-order valence-electron chi connectivity index (χ1n) is 10.3. The van der Waals surface area contributed by atoms with Gasteiger partial charge in [-0.2, -0.15) is 13.2 Å². The molecule has 1 aliphatic heterocycles. The summed E-state index contributed by atoms with van der Waals surface area (Å²) in [7, 11) is 0. The molecule has 0 amide bonds. The van der Waals surface area contributed by atoms with Crippen LogP contribution in [0.1, 0.15) is 48.8 Å². The molecule has 1 aliphatic carbocycles. The highest BCUT2D eigenvalue weighted by Gasteiger charge is 2.30. The zero-order chi connectivity index (χ0) is 20.3. The highest BCUT2D eigenvalue weighted by atomic mass is 19.4. The fourth-order valence-electron chi connectivity index (χ4n) is 4.09. The summed E-state index contributed by atoms with van der Waals surface area (Å²) in [6, 6.07) is 13.7. The Labute approximate surface area is 170 Å². The van der Waals surface area contributed by atoms with Crippen molar-refractivity contribution in [2.24, 2.45) is 0 Å². The van der Waals surface area contributed by atoms with Crippen LogP contribution in [0.25, 0.3) is 6.08 Å². The van der Waals surface area contributed by atoms with Crippen molar-refractivity contribution >= 4 is 6.08 Å². The van der Waals surface area contributed by atoms with Crippen molar-refractivity contribution in [2.45, 2.75) is 50.9 Å². The molecule has 0 N–H and O–H groups in total. The number of alkyl halides is 3. The first-order chi connectivity index (χ1) is 14.0. The predicted molar refractivity (Wildman–Crippen MR) is 109 cm³/mol. The van der Waals surface area contributed by atoms with Crippen molar-refractivity contribution in [2.75, 3.05) is 13.1 Å². The van der Waals surface area contributed by atoms with E-state index in [0.29, 0.717) is 11.6 Å². The van der Waals surface area contributed by atoms with Gasteiger partial charge in [0, 0.05) is 6.04 Å². The fraction of sp³-hybridized carbons (Fsp3) is 0.417. The summed E-state index contributed by atoms with van der Waals surface area (Å²) < 4.78 is 43.6. The summed E-state index contributed by atoms with van der Waals surface area (Å²) in [6.45, 7) is 2.69. The number of likely N-dealkylation sites (tertiary alicyclic amines) is 1. The lowest BCUT2D eigenvalue weighted by molar-refractivity contribution is -0.137. The zero-order valence-corrected chi connectivity index (χ0v) is 16.4. The van der Waals surface area contributed by atoms with Crippen LogP contribution in [0.5, 0.6) is 5.75 Å². The van der Waals surface area contributed by atoms with E-state index in [0.717, 1.165) is 17.9 Å². The van der Waals surface area contributed by atoms with Crippen molar-refractivity contribution in [3.63, 3.8) is 0 Å². The van der Waals surface area contributed by atoms with Crippen molar-refractivity contribution in [1.29, 1.82) is 0 Å². The summed E-state index contributed by atoms with van der Waals surface area (Å²) in [4.78, 5) is 2.59. The second-order valence-corrected chi connectivity index (χ2v) is 7.92. The molecule has 0 spiro atoms. The number of benzene rings is 2. The summed E-state index contributed by atoms with van der Waals surface area (Å²) in [5, 5.41) is 0. The van der Waals surface area contributed by atoms with Crippen LogP contribution in [-0.4, -0.2) is 24.0 Å². The maximum atomic E-state index is 12.6. The third-order valence-corrected chi connectivity index (χ3v) is 5.87. The average Bonchev–Trinajstić information content (AvgIpc) is 2.67. The molecule has 1 saturated carbocycles.